The number of likely N-dealkylation sites (N-methyl/N-ethyl adjacent to an activating group) is 1. The van der Waals surface area contributed by atoms with E-state index < -0.39 is 5.82 Å². The van der Waals surface area contributed by atoms with E-state index in [-0.39, 0.29) is 5.02 Å². The smallest absolute Gasteiger partial charge is 0.201 e. The van der Waals surface area contributed by atoms with Gasteiger partial charge in [0.05, 0.1) is 16.1 Å². The molecular formula is C14H18ClFN4. The fourth-order valence-corrected chi connectivity index (χ4v) is 3.07. The van der Waals surface area contributed by atoms with Crippen LogP contribution < -0.4 is 5.73 Å². The quantitative estimate of drug-likeness (QED) is 0.927. The average Bonchev–Trinajstić information content (AvgIpc) is 2.69. The van der Waals surface area contributed by atoms with Gasteiger partial charge in [-0.05, 0) is 32.5 Å². The first-order valence-electron chi connectivity index (χ1n) is 6.87. The van der Waals surface area contributed by atoms with Gasteiger partial charge in [0.1, 0.15) is 5.82 Å². The molecule has 2 heterocycles. The monoisotopic (exact) mass is 296 g/mol. The predicted octanol–water partition coefficient (Wildman–Crippen LogP) is 2.90. The zero-order valence-corrected chi connectivity index (χ0v) is 12.2. The van der Waals surface area contributed by atoms with E-state index in [1.807, 2.05) is 4.57 Å². The Balaban J connectivity index is 1.98. The summed E-state index contributed by atoms with van der Waals surface area (Å²) in [6.07, 6.45) is 3.62. The molecule has 1 saturated heterocycles. The van der Waals surface area contributed by atoms with E-state index in [1.165, 1.54) is 18.9 Å². The Bertz CT molecular complexity index is 640. The summed E-state index contributed by atoms with van der Waals surface area (Å²) in [7, 11) is 2.13. The molecule has 3 rings (SSSR count). The molecule has 2 N–H and O–H groups in total. The van der Waals surface area contributed by atoms with Gasteiger partial charge in [-0.3, -0.25) is 0 Å². The third-order valence-corrected chi connectivity index (χ3v) is 4.42. The molecule has 0 bridgehead atoms. The number of nitrogens with zero attached hydrogens (tertiary/aromatic N) is 3. The second kappa shape index (κ2) is 5.22. The summed E-state index contributed by atoms with van der Waals surface area (Å²) in [6, 6.07) is 3.39. The molecule has 20 heavy (non-hydrogen) atoms. The molecule has 1 aliphatic heterocycles. The van der Waals surface area contributed by atoms with Crippen molar-refractivity contribution in [1.82, 2.24) is 14.5 Å². The molecular weight excluding hydrogens is 279 g/mol. The molecule has 0 radical (unpaired) electrons. The Morgan fingerprint density at radius 3 is 3.00 bits per heavy atom. The molecule has 1 aliphatic rings. The van der Waals surface area contributed by atoms with Gasteiger partial charge in [-0.1, -0.05) is 18.0 Å². The Hall–Kier alpha value is -1.33. The molecule has 1 atom stereocenters. The third kappa shape index (κ3) is 2.36. The van der Waals surface area contributed by atoms with E-state index >= 15 is 0 Å². The average molecular weight is 297 g/mol. The predicted molar refractivity (Wildman–Crippen MR) is 79.4 cm³/mol. The van der Waals surface area contributed by atoms with Crippen molar-refractivity contribution in [1.29, 1.82) is 0 Å². The maximum absolute atomic E-state index is 13.5. The molecule has 6 heteroatoms. The van der Waals surface area contributed by atoms with E-state index in [0.29, 0.717) is 17.5 Å². The molecule has 0 saturated carbocycles. The standard InChI is InChI=1S/C14H18ClFN4/c1-19-5-3-2-4-9(19)8-20-13-6-10(15)11(16)7-12(13)18-14(20)17/h6-7,9H,2-5,8H2,1H3,(H2,17,18). The SMILES string of the molecule is CN1CCCCC1Cn1c(N)nc2cc(F)c(Cl)cc21. The fourth-order valence-electron chi connectivity index (χ4n) is 2.92. The van der Waals surface area contributed by atoms with Gasteiger partial charge < -0.3 is 15.2 Å². The largest absolute Gasteiger partial charge is 0.369 e. The number of aromatic nitrogens is 2. The van der Waals surface area contributed by atoms with Gasteiger partial charge in [-0.2, -0.15) is 0 Å². The van der Waals surface area contributed by atoms with Crippen molar-refractivity contribution in [2.24, 2.45) is 0 Å². The van der Waals surface area contributed by atoms with Gasteiger partial charge in [0.2, 0.25) is 5.95 Å². The normalized spacial score (nSPS) is 20.6. The molecule has 0 aliphatic carbocycles. The number of hydrogen-bond donors (Lipinski definition) is 1. The number of anilines is 1. The maximum Gasteiger partial charge on any atom is 0.201 e. The summed E-state index contributed by atoms with van der Waals surface area (Å²) < 4.78 is 15.4. The number of piperidine rings is 1. The number of likely N-dealkylation sites (tertiary alicyclic amines) is 1. The first kappa shape index (κ1) is 13.6. The van der Waals surface area contributed by atoms with Crippen molar-refractivity contribution in [2.45, 2.75) is 31.8 Å². The number of rotatable bonds is 2. The van der Waals surface area contributed by atoms with Crippen LogP contribution in [0.4, 0.5) is 10.3 Å². The van der Waals surface area contributed by atoms with Crippen LogP contribution in [0, 0.1) is 5.82 Å². The maximum atomic E-state index is 13.5. The minimum absolute atomic E-state index is 0.107. The van der Waals surface area contributed by atoms with E-state index in [9.17, 15) is 4.39 Å². The first-order chi connectivity index (χ1) is 9.56. The van der Waals surface area contributed by atoms with Crippen molar-refractivity contribution < 1.29 is 4.39 Å². The van der Waals surface area contributed by atoms with Gasteiger partial charge in [0, 0.05) is 18.7 Å². The van der Waals surface area contributed by atoms with E-state index in [0.717, 1.165) is 25.0 Å². The molecule has 108 valence electrons. The number of imidazole rings is 1. The summed E-state index contributed by atoms with van der Waals surface area (Å²) in [5.74, 6) is -0.0424. The minimum Gasteiger partial charge on any atom is -0.369 e. The lowest BCUT2D eigenvalue weighted by atomic mass is 10.0. The molecule has 1 aromatic heterocycles. The van der Waals surface area contributed by atoms with Crippen LogP contribution in [0.1, 0.15) is 19.3 Å². The van der Waals surface area contributed by atoms with Gasteiger partial charge in [0.15, 0.2) is 0 Å². The molecule has 2 aromatic rings. The fraction of sp³-hybridized carbons (Fsp3) is 0.500. The zero-order valence-electron chi connectivity index (χ0n) is 11.4. The molecule has 1 fully saturated rings. The molecule has 1 aromatic carbocycles. The molecule has 0 amide bonds. The number of nitrogens with two attached hydrogens (primary N) is 1. The second-order valence-corrected chi connectivity index (χ2v) is 5.87. The zero-order chi connectivity index (χ0) is 14.3. The topological polar surface area (TPSA) is 47.1 Å². The van der Waals surface area contributed by atoms with Crippen LogP contribution in [-0.4, -0.2) is 34.1 Å². The highest BCUT2D eigenvalue weighted by Crippen LogP contribution is 2.26. The van der Waals surface area contributed by atoms with Crippen molar-refractivity contribution in [2.75, 3.05) is 19.3 Å². The lowest BCUT2D eigenvalue weighted by molar-refractivity contribution is 0.169. The van der Waals surface area contributed by atoms with Crippen LogP contribution >= 0.6 is 11.6 Å². The van der Waals surface area contributed by atoms with Crippen LogP contribution in [0.3, 0.4) is 0 Å². The second-order valence-electron chi connectivity index (χ2n) is 5.47. The van der Waals surface area contributed by atoms with E-state index in [4.69, 9.17) is 17.3 Å². The summed E-state index contributed by atoms with van der Waals surface area (Å²) >= 11 is 5.87. The third-order valence-electron chi connectivity index (χ3n) is 4.13. The van der Waals surface area contributed by atoms with Gasteiger partial charge >= 0.3 is 0 Å². The van der Waals surface area contributed by atoms with Crippen LogP contribution in [0.2, 0.25) is 5.02 Å². The minimum atomic E-state index is -0.460. The van der Waals surface area contributed by atoms with Crippen molar-refractivity contribution in [3.05, 3.63) is 23.0 Å². The summed E-state index contributed by atoms with van der Waals surface area (Å²) in [4.78, 5) is 6.58. The number of fused-ring (bicyclic) bond motifs is 1. The molecule has 0 spiro atoms. The van der Waals surface area contributed by atoms with Gasteiger partial charge in [-0.15, -0.1) is 0 Å². The van der Waals surface area contributed by atoms with E-state index in [1.54, 1.807) is 6.07 Å². The van der Waals surface area contributed by atoms with Crippen LogP contribution in [0.25, 0.3) is 11.0 Å². The van der Waals surface area contributed by atoms with E-state index in [2.05, 4.69) is 16.9 Å². The Morgan fingerprint density at radius 1 is 1.45 bits per heavy atom. The highest BCUT2D eigenvalue weighted by Gasteiger charge is 2.21. The van der Waals surface area contributed by atoms with Crippen LogP contribution in [-0.2, 0) is 6.54 Å². The summed E-state index contributed by atoms with van der Waals surface area (Å²) in [5.41, 5.74) is 7.34. The highest BCUT2D eigenvalue weighted by atomic mass is 35.5. The Kier molecular flexibility index (Phi) is 3.56. The summed E-state index contributed by atoms with van der Waals surface area (Å²) in [6.45, 7) is 1.87. The number of hydrogen-bond acceptors (Lipinski definition) is 3. The number of halogens is 2. The molecule has 4 nitrogen and oxygen atoms in total. The van der Waals surface area contributed by atoms with Crippen LogP contribution in [0.5, 0.6) is 0 Å². The van der Waals surface area contributed by atoms with Crippen molar-refractivity contribution >= 4 is 28.6 Å². The Morgan fingerprint density at radius 2 is 2.25 bits per heavy atom. The lowest BCUT2D eigenvalue weighted by Gasteiger charge is -2.32. The van der Waals surface area contributed by atoms with Gasteiger partial charge in [-0.25, -0.2) is 9.37 Å². The van der Waals surface area contributed by atoms with Crippen molar-refractivity contribution in [3.63, 3.8) is 0 Å². The summed E-state index contributed by atoms with van der Waals surface area (Å²) in [5, 5.41) is 0.107. The number of benzene rings is 1. The highest BCUT2D eigenvalue weighted by molar-refractivity contribution is 6.31. The van der Waals surface area contributed by atoms with Crippen LogP contribution in [0.15, 0.2) is 12.1 Å². The Labute approximate surface area is 122 Å². The number of nitrogen functional groups attached to an aromatic ring is 1. The van der Waals surface area contributed by atoms with Crippen molar-refractivity contribution in [3.8, 4) is 0 Å². The molecule has 1 unspecified atom stereocenters. The lowest BCUT2D eigenvalue weighted by Crippen LogP contribution is -2.39. The van der Waals surface area contributed by atoms with Gasteiger partial charge in [0.25, 0.3) is 0 Å². The first-order valence-corrected chi connectivity index (χ1v) is 7.25.